The molecule has 2 rings (SSSR count). The summed E-state index contributed by atoms with van der Waals surface area (Å²) in [5.74, 6) is 0.945. The fourth-order valence-corrected chi connectivity index (χ4v) is 2.62. The van der Waals surface area contributed by atoms with Crippen LogP contribution in [-0.2, 0) is 6.54 Å². The van der Waals surface area contributed by atoms with E-state index in [2.05, 4.69) is 24.3 Å². The number of rotatable bonds is 3. The van der Waals surface area contributed by atoms with E-state index < -0.39 is 0 Å². The van der Waals surface area contributed by atoms with Crippen LogP contribution in [0.2, 0.25) is 0 Å². The van der Waals surface area contributed by atoms with Gasteiger partial charge in [-0.05, 0) is 31.6 Å². The Balaban J connectivity index is 1.82. The topological polar surface area (TPSA) is 38.1 Å². The Labute approximate surface area is 97.6 Å². The summed E-state index contributed by atoms with van der Waals surface area (Å²) < 4.78 is 5.19. The molecule has 1 saturated carbocycles. The van der Waals surface area contributed by atoms with Crippen LogP contribution in [0.1, 0.15) is 51.0 Å². The van der Waals surface area contributed by atoms with Gasteiger partial charge in [0.2, 0.25) is 0 Å². The second-order valence-electron chi connectivity index (χ2n) is 5.77. The van der Waals surface area contributed by atoms with E-state index in [0.29, 0.717) is 11.5 Å². The first-order valence-corrected chi connectivity index (χ1v) is 6.21. The second kappa shape index (κ2) is 4.58. The molecular formula is C13H22N2O. The third-order valence-corrected chi connectivity index (χ3v) is 3.45. The monoisotopic (exact) mass is 222 g/mol. The smallest absolute Gasteiger partial charge is 0.150 e. The predicted molar refractivity (Wildman–Crippen MR) is 64.1 cm³/mol. The summed E-state index contributed by atoms with van der Waals surface area (Å²) in [5.41, 5.74) is 1.45. The zero-order valence-electron chi connectivity index (χ0n) is 10.5. The van der Waals surface area contributed by atoms with Gasteiger partial charge in [-0.2, -0.15) is 0 Å². The first kappa shape index (κ1) is 11.6. The Kier molecular flexibility index (Phi) is 3.33. The highest BCUT2D eigenvalue weighted by atomic mass is 16.5. The molecule has 1 aliphatic carbocycles. The maximum atomic E-state index is 5.19. The van der Waals surface area contributed by atoms with E-state index >= 15 is 0 Å². The molecule has 1 unspecified atom stereocenters. The molecule has 1 aliphatic rings. The molecule has 0 aliphatic heterocycles. The Morgan fingerprint density at radius 2 is 2.38 bits per heavy atom. The van der Waals surface area contributed by atoms with E-state index in [1.165, 1.54) is 25.7 Å². The summed E-state index contributed by atoms with van der Waals surface area (Å²) >= 11 is 0. The summed E-state index contributed by atoms with van der Waals surface area (Å²) in [6.07, 6.45) is 5.24. The van der Waals surface area contributed by atoms with Crippen molar-refractivity contribution in [3.05, 3.63) is 17.5 Å². The summed E-state index contributed by atoms with van der Waals surface area (Å²) in [4.78, 5) is 0. The van der Waals surface area contributed by atoms with Crippen molar-refractivity contribution in [1.29, 1.82) is 0 Å². The van der Waals surface area contributed by atoms with E-state index in [4.69, 9.17) is 4.52 Å². The van der Waals surface area contributed by atoms with E-state index in [-0.39, 0.29) is 0 Å². The average Bonchev–Trinajstić information content (AvgIpc) is 2.60. The quantitative estimate of drug-likeness (QED) is 0.854. The van der Waals surface area contributed by atoms with Crippen molar-refractivity contribution in [3.63, 3.8) is 0 Å². The van der Waals surface area contributed by atoms with E-state index in [0.717, 1.165) is 18.0 Å². The van der Waals surface area contributed by atoms with Gasteiger partial charge in [0.05, 0.1) is 12.2 Å². The van der Waals surface area contributed by atoms with Gasteiger partial charge < -0.3 is 9.84 Å². The molecule has 1 heterocycles. The fourth-order valence-electron chi connectivity index (χ4n) is 2.62. The highest BCUT2D eigenvalue weighted by Gasteiger charge is 2.27. The molecular weight excluding hydrogens is 200 g/mol. The molecule has 0 bridgehead atoms. The molecule has 0 saturated heterocycles. The average molecular weight is 222 g/mol. The Morgan fingerprint density at radius 3 is 3.00 bits per heavy atom. The van der Waals surface area contributed by atoms with Crippen molar-refractivity contribution < 1.29 is 4.52 Å². The van der Waals surface area contributed by atoms with Gasteiger partial charge in [0.1, 0.15) is 0 Å². The molecule has 90 valence electrons. The Bertz CT molecular complexity index is 343. The van der Waals surface area contributed by atoms with Gasteiger partial charge in [-0.3, -0.25) is 0 Å². The SMILES string of the molecule is Cc1cc(CNC2CCCC(C)(C)C2)on1. The number of nitrogens with one attached hydrogen (secondary N) is 1. The first-order valence-electron chi connectivity index (χ1n) is 6.21. The largest absolute Gasteiger partial charge is 0.360 e. The standard InChI is InChI=1S/C13H22N2O/c1-10-7-12(16-15-10)9-14-11-5-4-6-13(2,3)8-11/h7,11,14H,4-6,8-9H2,1-3H3. The lowest BCUT2D eigenvalue weighted by Crippen LogP contribution is -2.36. The lowest BCUT2D eigenvalue weighted by molar-refractivity contribution is 0.194. The minimum Gasteiger partial charge on any atom is -0.360 e. The minimum atomic E-state index is 0.493. The Hall–Kier alpha value is -0.830. The third-order valence-electron chi connectivity index (χ3n) is 3.45. The number of nitrogens with zero attached hydrogens (tertiary/aromatic N) is 1. The zero-order chi connectivity index (χ0) is 11.6. The fraction of sp³-hybridized carbons (Fsp3) is 0.769. The normalized spacial score (nSPS) is 24.6. The van der Waals surface area contributed by atoms with Crippen LogP contribution >= 0.6 is 0 Å². The molecule has 3 nitrogen and oxygen atoms in total. The van der Waals surface area contributed by atoms with Crippen molar-refractivity contribution in [3.8, 4) is 0 Å². The zero-order valence-corrected chi connectivity index (χ0v) is 10.5. The van der Waals surface area contributed by atoms with Gasteiger partial charge in [0.15, 0.2) is 5.76 Å². The van der Waals surface area contributed by atoms with Crippen LogP contribution in [0, 0.1) is 12.3 Å². The van der Waals surface area contributed by atoms with Crippen LogP contribution in [0.3, 0.4) is 0 Å². The van der Waals surface area contributed by atoms with Crippen molar-refractivity contribution >= 4 is 0 Å². The molecule has 1 aromatic heterocycles. The van der Waals surface area contributed by atoms with Crippen LogP contribution in [-0.4, -0.2) is 11.2 Å². The molecule has 0 radical (unpaired) electrons. The summed E-state index contributed by atoms with van der Waals surface area (Å²) in [6, 6.07) is 2.63. The molecule has 0 spiro atoms. The lowest BCUT2D eigenvalue weighted by Gasteiger charge is -2.35. The summed E-state index contributed by atoms with van der Waals surface area (Å²) in [5, 5.41) is 7.47. The van der Waals surface area contributed by atoms with Gasteiger partial charge in [-0.25, -0.2) is 0 Å². The maximum Gasteiger partial charge on any atom is 0.150 e. The highest BCUT2D eigenvalue weighted by Crippen LogP contribution is 2.35. The molecule has 1 aromatic rings. The molecule has 1 fully saturated rings. The van der Waals surface area contributed by atoms with Gasteiger partial charge in [-0.15, -0.1) is 0 Å². The highest BCUT2D eigenvalue weighted by molar-refractivity contribution is 5.02. The van der Waals surface area contributed by atoms with Gasteiger partial charge in [0, 0.05) is 12.1 Å². The van der Waals surface area contributed by atoms with Crippen LogP contribution < -0.4 is 5.32 Å². The molecule has 0 amide bonds. The molecule has 1 N–H and O–H groups in total. The first-order chi connectivity index (χ1) is 7.55. The number of hydrogen-bond acceptors (Lipinski definition) is 3. The van der Waals surface area contributed by atoms with Gasteiger partial charge >= 0.3 is 0 Å². The van der Waals surface area contributed by atoms with Crippen molar-refractivity contribution in [1.82, 2.24) is 10.5 Å². The van der Waals surface area contributed by atoms with Crippen molar-refractivity contribution in [2.24, 2.45) is 5.41 Å². The third kappa shape index (κ3) is 3.08. The molecule has 1 atom stereocenters. The summed E-state index contributed by atoms with van der Waals surface area (Å²) in [6.45, 7) is 7.48. The van der Waals surface area contributed by atoms with E-state index in [1.54, 1.807) is 0 Å². The predicted octanol–water partition coefficient (Wildman–Crippen LogP) is 3.04. The van der Waals surface area contributed by atoms with Crippen LogP contribution in [0.25, 0.3) is 0 Å². The number of hydrogen-bond donors (Lipinski definition) is 1. The van der Waals surface area contributed by atoms with Crippen LogP contribution in [0.5, 0.6) is 0 Å². The van der Waals surface area contributed by atoms with E-state index in [1.807, 2.05) is 13.0 Å². The minimum absolute atomic E-state index is 0.493. The number of aryl methyl sites for hydroxylation is 1. The second-order valence-corrected chi connectivity index (χ2v) is 5.77. The Morgan fingerprint density at radius 1 is 1.56 bits per heavy atom. The number of aromatic nitrogens is 1. The van der Waals surface area contributed by atoms with Crippen molar-refractivity contribution in [2.45, 2.75) is 59.0 Å². The van der Waals surface area contributed by atoms with Crippen LogP contribution in [0.4, 0.5) is 0 Å². The van der Waals surface area contributed by atoms with Gasteiger partial charge in [0.25, 0.3) is 0 Å². The molecule has 3 heteroatoms. The van der Waals surface area contributed by atoms with Crippen LogP contribution in [0.15, 0.2) is 10.6 Å². The lowest BCUT2D eigenvalue weighted by atomic mass is 9.75. The van der Waals surface area contributed by atoms with E-state index in [9.17, 15) is 0 Å². The van der Waals surface area contributed by atoms with Crippen molar-refractivity contribution in [2.75, 3.05) is 0 Å². The molecule has 16 heavy (non-hydrogen) atoms. The maximum absolute atomic E-state index is 5.19. The van der Waals surface area contributed by atoms with Gasteiger partial charge in [-0.1, -0.05) is 25.4 Å². The molecule has 0 aromatic carbocycles. The summed E-state index contributed by atoms with van der Waals surface area (Å²) in [7, 11) is 0.